The Labute approximate surface area is 114 Å². The maximum Gasteiger partial charge on any atom is 0.233 e. The summed E-state index contributed by atoms with van der Waals surface area (Å²) in [6.07, 6.45) is 1.85. The van der Waals surface area contributed by atoms with E-state index in [1.165, 1.54) is 5.56 Å². The van der Waals surface area contributed by atoms with Crippen LogP contribution in [0.4, 0.5) is 0 Å². The molecule has 18 heavy (non-hydrogen) atoms. The van der Waals surface area contributed by atoms with Crippen LogP contribution in [0, 0.1) is 0 Å². The number of rotatable bonds is 7. The number of benzene rings is 1. The molecule has 1 unspecified atom stereocenters. The summed E-state index contributed by atoms with van der Waals surface area (Å²) >= 11 is 5.83. The summed E-state index contributed by atoms with van der Waals surface area (Å²) in [5.41, 5.74) is 1.22. The van der Waals surface area contributed by atoms with E-state index in [1.54, 1.807) is 0 Å². The maximum atomic E-state index is 11.4. The van der Waals surface area contributed by atoms with Crippen LogP contribution >= 0.6 is 11.6 Å². The summed E-state index contributed by atoms with van der Waals surface area (Å²) in [4.78, 5) is 11.4. The minimum atomic E-state index is 0.0554. The Hall–Kier alpha value is -1.06. The standard InChI is InChI=1S/C14H21ClN2O/c1-3-8-16-14(18)10-17-11(2)9-12-4-6-13(15)7-5-12/h4-7,11,17H,3,8-10H2,1-2H3,(H,16,18). The van der Waals surface area contributed by atoms with Crippen LogP contribution < -0.4 is 10.6 Å². The lowest BCUT2D eigenvalue weighted by molar-refractivity contribution is -0.120. The van der Waals surface area contributed by atoms with Gasteiger partial charge in [-0.15, -0.1) is 0 Å². The van der Waals surface area contributed by atoms with Crippen LogP contribution in [-0.2, 0) is 11.2 Å². The quantitative estimate of drug-likeness (QED) is 0.797. The van der Waals surface area contributed by atoms with Crippen molar-refractivity contribution in [2.45, 2.75) is 32.7 Å². The number of carbonyl (C=O) groups excluding carboxylic acids is 1. The normalized spacial score (nSPS) is 12.2. The smallest absolute Gasteiger partial charge is 0.233 e. The van der Waals surface area contributed by atoms with E-state index in [9.17, 15) is 4.79 Å². The minimum Gasteiger partial charge on any atom is -0.355 e. The van der Waals surface area contributed by atoms with Gasteiger partial charge in [0.25, 0.3) is 0 Å². The molecule has 1 amide bonds. The number of hydrogen-bond donors (Lipinski definition) is 2. The predicted octanol–water partition coefficient (Wildman–Crippen LogP) is 2.39. The molecule has 0 bridgehead atoms. The summed E-state index contributed by atoms with van der Waals surface area (Å²) in [6, 6.07) is 8.06. The van der Waals surface area contributed by atoms with Crippen LogP contribution in [0.15, 0.2) is 24.3 Å². The van der Waals surface area contributed by atoms with E-state index in [0.29, 0.717) is 6.54 Å². The summed E-state index contributed by atoms with van der Waals surface area (Å²) < 4.78 is 0. The second kappa shape index (κ2) is 8.11. The molecule has 0 radical (unpaired) electrons. The van der Waals surface area contributed by atoms with E-state index >= 15 is 0 Å². The summed E-state index contributed by atoms with van der Waals surface area (Å²) in [6.45, 7) is 5.22. The third-order valence-electron chi connectivity index (χ3n) is 2.64. The third-order valence-corrected chi connectivity index (χ3v) is 2.89. The average molecular weight is 269 g/mol. The van der Waals surface area contributed by atoms with Gasteiger partial charge in [0.05, 0.1) is 6.54 Å². The van der Waals surface area contributed by atoms with E-state index in [4.69, 9.17) is 11.6 Å². The molecule has 0 aliphatic carbocycles. The zero-order valence-corrected chi connectivity index (χ0v) is 11.8. The zero-order valence-electron chi connectivity index (χ0n) is 11.0. The summed E-state index contributed by atoms with van der Waals surface area (Å²) in [7, 11) is 0. The number of hydrogen-bond acceptors (Lipinski definition) is 2. The first kappa shape index (κ1) is 15.0. The average Bonchev–Trinajstić information content (AvgIpc) is 2.36. The van der Waals surface area contributed by atoms with Crippen molar-refractivity contribution in [1.82, 2.24) is 10.6 Å². The van der Waals surface area contributed by atoms with Crippen molar-refractivity contribution < 1.29 is 4.79 Å². The highest BCUT2D eigenvalue weighted by Gasteiger charge is 2.05. The fraction of sp³-hybridized carbons (Fsp3) is 0.500. The van der Waals surface area contributed by atoms with E-state index in [0.717, 1.165) is 24.4 Å². The van der Waals surface area contributed by atoms with Crippen LogP contribution in [0.2, 0.25) is 5.02 Å². The Kier molecular flexibility index (Phi) is 6.76. The van der Waals surface area contributed by atoms with Crippen LogP contribution in [0.25, 0.3) is 0 Å². The van der Waals surface area contributed by atoms with Crippen molar-refractivity contribution in [3.63, 3.8) is 0 Å². The Morgan fingerprint density at radius 1 is 1.33 bits per heavy atom. The largest absolute Gasteiger partial charge is 0.355 e. The molecular formula is C14H21ClN2O. The van der Waals surface area contributed by atoms with Gasteiger partial charge in [0.1, 0.15) is 0 Å². The molecule has 0 heterocycles. The molecular weight excluding hydrogens is 248 g/mol. The third kappa shape index (κ3) is 6.03. The first-order chi connectivity index (χ1) is 8.61. The molecule has 100 valence electrons. The molecule has 2 N–H and O–H groups in total. The Balaban J connectivity index is 2.27. The number of halogens is 1. The molecule has 0 spiro atoms. The van der Waals surface area contributed by atoms with Crippen LogP contribution in [-0.4, -0.2) is 25.0 Å². The van der Waals surface area contributed by atoms with Gasteiger partial charge in [-0.25, -0.2) is 0 Å². The van der Waals surface area contributed by atoms with Crippen molar-refractivity contribution >= 4 is 17.5 Å². The van der Waals surface area contributed by atoms with Gasteiger partial charge in [0, 0.05) is 17.6 Å². The van der Waals surface area contributed by atoms with Gasteiger partial charge < -0.3 is 10.6 Å². The number of carbonyl (C=O) groups is 1. The van der Waals surface area contributed by atoms with Gasteiger partial charge in [0.2, 0.25) is 5.91 Å². The minimum absolute atomic E-state index is 0.0554. The van der Waals surface area contributed by atoms with Gasteiger partial charge in [-0.2, -0.15) is 0 Å². The lowest BCUT2D eigenvalue weighted by atomic mass is 10.1. The first-order valence-electron chi connectivity index (χ1n) is 6.36. The highest BCUT2D eigenvalue weighted by molar-refractivity contribution is 6.30. The molecule has 1 aromatic rings. The molecule has 4 heteroatoms. The van der Waals surface area contributed by atoms with E-state index in [1.807, 2.05) is 31.2 Å². The van der Waals surface area contributed by atoms with Crippen LogP contribution in [0.3, 0.4) is 0 Å². The monoisotopic (exact) mass is 268 g/mol. The van der Waals surface area contributed by atoms with Crippen LogP contribution in [0.1, 0.15) is 25.8 Å². The second-order valence-electron chi connectivity index (χ2n) is 4.46. The molecule has 0 aliphatic rings. The molecule has 0 aliphatic heterocycles. The fourth-order valence-corrected chi connectivity index (χ4v) is 1.77. The molecule has 1 aromatic carbocycles. The molecule has 0 saturated heterocycles. The van der Waals surface area contributed by atoms with Crippen molar-refractivity contribution in [3.05, 3.63) is 34.9 Å². The first-order valence-corrected chi connectivity index (χ1v) is 6.74. The topological polar surface area (TPSA) is 41.1 Å². The predicted molar refractivity (Wildman–Crippen MR) is 75.9 cm³/mol. The molecule has 1 atom stereocenters. The number of amides is 1. The summed E-state index contributed by atoms with van der Waals surface area (Å²) in [5.74, 6) is 0.0554. The zero-order chi connectivity index (χ0) is 13.4. The Morgan fingerprint density at radius 3 is 2.61 bits per heavy atom. The van der Waals surface area contributed by atoms with Crippen molar-refractivity contribution in [2.75, 3.05) is 13.1 Å². The van der Waals surface area contributed by atoms with Crippen molar-refractivity contribution in [1.29, 1.82) is 0 Å². The SMILES string of the molecule is CCCNC(=O)CNC(C)Cc1ccc(Cl)cc1. The van der Waals surface area contributed by atoms with Gasteiger partial charge in [-0.3, -0.25) is 4.79 Å². The van der Waals surface area contributed by atoms with Gasteiger partial charge in [-0.05, 0) is 37.5 Å². The lowest BCUT2D eigenvalue weighted by Gasteiger charge is -2.13. The maximum absolute atomic E-state index is 11.4. The fourth-order valence-electron chi connectivity index (χ4n) is 1.64. The highest BCUT2D eigenvalue weighted by atomic mass is 35.5. The molecule has 1 rings (SSSR count). The summed E-state index contributed by atoms with van der Waals surface area (Å²) in [5, 5.41) is 6.80. The Morgan fingerprint density at radius 2 is 2.00 bits per heavy atom. The van der Waals surface area contributed by atoms with Crippen molar-refractivity contribution in [2.24, 2.45) is 0 Å². The van der Waals surface area contributed by atoms with E-state index in [2.05, 4.69) is 17.6 Å². The van der Waals surface area contributed by atoms with Gasteiger partial charge in [0.15, 0.2) is 0 Å². The second-order valence-corrected chi connectivity index (χ2v) is 4.90. The molecule has 0 saturated carbocycles. The van der Waals surface area contributed by atoms with Crippen molar-refractivity contribution in [3.8, 4) is 0 Å². The number of nitrogens with one attached hydrogen (secondary N) is 2. The molecule has 0 fully saturated rings. The lowest BCUT2D eigenvalue weighted by Crippen LogP contribution is -2.39. The van der Waals surface area contributed by atoms with Crippen LogP contribution in [0.5, 0.6) is 0 Å². The van der Waals surface area contributed by atoms with E-state index < -0.39 is 0 Å². The van der Waals surface area contributed by atoms with E-state index in [-0.39, 0.29) is 11.9 Å². The van der Waals surface area contributed by atoms with Gasteiger partial charge in [-0.1, -0.05) is 30.7 Å². The molecule has 3 nitrogen and oxygen atoms in total. The highest BCUT2D eigenvalue weighted by Crippen LogP contribution is 2.10. The molecule has 0 aromatic heterocycles. The van der Waals surface area contributed by atoms with Gasteiger partial charge >= 0.3 is 0 Å². The Bertz CT molecular complexity index is 365.